The molecule has 1 amide bonds. The Morgan fingerprint density at radius 1 is 1.21 bits per heavy atom. The summed E-state index contributed by atoms with van der Waals surface area (Å²) in [5.41, 5.74) is 0.298. The van der Waals surface area contributed by atoms with Gasteiger partial charge in [0.05, 0.1) is 16.1 Å². The molecule has 1 aromatic rings. The van der Waals surface area contributed by atoms with Crippen molar-refractivity contribution in [2.24, 2.45) is 0 Å². The first-order chi connectivity index (χ1) is 8.82. The first-order valence-electron chi connectivity index (χ1n) is 5.58. The quantitative estimate of drug-likeness (QED) is 0.728. The Labute approximate surface area is 126 Å². The molecule has 106 valence electrons. The van der Waals surface area contributed by atoms with Crippen molar-refractivity contribution in [2.45, 2.75) is 25.6 Å². The zero-order chi connectivity index (χ0) is 14.6. The van der Waals surface area contributed by atoms with Crippen molar-refractivity contribution in [3.8, 4) is 0 Å². The molecule has 0 aromatic heterocycles. The van der Waals surface area contributed by atoms with Crippen LogP contribution in [0.3, 0.4) is 0 Å². The highest BCUT2D eigenvalue weighted by Gasteiger charge is 2.21. The lowest BCUT2D eigenvalue weighted by atomic mass is 10.0. The summed E-state index contributed by atoms with van der Waals surface area (Å²) >= 11 is 17.6. The molecule has 19 heavy (non-hydrogen) atoms. The van der Waals surface area contributed by atoms with Gasteiger partial charge in [-0.25, -0.2) is 0 Å². The number of hydrogen-bond donors (Lipinski definition) is 3. The minimum absolute atomic E-state index is 0.192. The van der Waals surface area contributed by atoms with Gasteiger partial charge in [-0.2, -0.15) is 0 Å². The molecule has 0 fully saturated rings. The SMILES string of the molecule is CC(=O)NCCC(O)C(O)c1cc(Cl)c(Cl)cc1Cl. The second-order valence-electron chi connectivity index (χ2n) is 4.07. The summed E-state index contributed by atoms with van der Waals surface area (Å²) in [6, 6.07) is 2.82. The van der Waals surface area contributed by atoms with Gasteiger partial charge < -0.3 is 15.5 Å². The highest BCUT2D eigenvalue weighted by molar-refractivity contribution is 6.43. The van der Waals surface area contributed by atoms with Gasteiger partial charge >= 0.3 is 0 Å². The van der Waals surface area contributed by atoms with E-state index in [1.165, 1.54) is 19.1 Å². The Kier molecular flexibility index (Phi) is 6.36. The van der Waals surface area contributed by atoms with Gasteiger partial charge in [0, 0.05) is 24.1 Å². The van der Waals surface area contributed by atoms with Crippen LogP contribution in [-0.2, 0) is 4.79 Å². The minimum atomic E-state index is -1.20. The number of carbonyl (C=O) groups excluding carboxylic acids is 1. The molecule has 2 unspecified atom stereocenters. The van der Waals surface area contributed by atoms with E-state index in [1.807, 2.05) is 0 Å². The van der Waals surface area contributed by atoms with E-state index in [4.69, 9.17) is 34.8 Å². The van der Waals surface area contributed by atoms with E-state index in [0.717, 1.165) is 0 Å². The number of aliphatic hydroxyl groups is 2. The van der Waals surface area contributed by atoms with Crippen LogP contribution < -0.4 is 5.32 Å². The van der Waals surface area contributed by atoms with Crippen LogP contribution in [0.25, 0.3) is 0 Å². The lowest BCUT2D eigenvalue weighted by Gasteiger charge is -2.19. The van der Waals surface area contributed by atoms with Crippen molar-refractivity contribution in [3.63, 3.8) is 0 Å². The van der Waals surface area contributed by atoms with E-state index in [1.54, 1.807) is 0 Å². The molecule has 7 heteroatoms. The first-order valence-corrected chi connectivity index (χ1v) is 6.71. The molecule has 2 atom stereocenters. The third kappa shape index (κ3) is 4.82. The van der Waals surface area contributed by atoms with Gasteiger partial charge in [0.1, 0.15) is 6.10 Å². The molecule has 1 aromatic carbocycles. The summed E-state index contributed by atoms with van der Waals surface area (Å²) in [4.78, 5) is 10.7. The molecule has 0 bridgehead atoms. The second kappa shape index (κ2) is 7.31. The highest BCUT2D eigenvalue weighted by atomic mass is 35.5. The molecule has 1 rings (SSSR count). The zero-order valence-electron chi connectivity index (χ0n) is 10.2. The highest BCUT2D eigenvalue weighted by Crippen LogP contribution is 2.33. The first kappa shape index (κ1) is 16.5. The summed E-state index contributed by atoms with van der Waals surface area (Å²) in [7, 11) is 0. The summed E-state index contributed by atoms with van der Waals surface area (Å²) in [5.74, 6) is -0.200. The maximum Gasteiger partial charge on any atom is 0.216 e. The van der Waals surface area contributed by atoms with Crippen molar-refractivity contribution >= 4 is 40.7 Å². The number of carbonyl (C=O) groups is 1. The maximum atomic E-state index is 10.7. The molecular weight excluding hydrogens is 312 g/mol. The van der Waals surface area contributed by atoms with Crippen LogP contribution in [0.5, 0.6) is 0 Å². The lowest BCUT2D eigenvalue weighted by Crippen LogP contribution is -2.27. The Bertz CT molecular complexity index is 468. The number of hydrogen-bond acceptors (Lipinski definition) is 3. The van der Waals surface area contributed by atoms with Crippen LogP contribution in [0.15, 0.2) is 12.1 Å². The van der Waals surface area contributed by atoms with Gasteiger partial charge in [-0.15, -0.1) is 0 Å². The fourth-order valence-corrected chi connectivity index (χ4v) is 2.19. The van der Waals surface area contributed by atoms with E-state index in [2.05, 4.69) is 5.32 Å². The predicted molar refractivity (Wildman–Crippen MR) is 75.7 cm³/mol. The number of benzene rings is 1. The molecule has 4 nitrogen and oxygen atoms in total. The normalized spacial score (nSPS) is 14.0. The van der Waals surface area contributed by atoms with Crippen LogP contribution in [0.2, 0.25) is 15.1 Å². The van der Waals surface area contributed by atoms with Crippen molar-refractivity contribution in [2.75, 3.05) is 6.54 Å². The lowest BCUT2D eigenvalue weighted by molar-refractivity contribution is -0.119. The molecular formula is C12H14Cl3NO3. The predicted octanol–water partition coefficient (Wildman–Crippen LogP) is 2.57. The number of halogens is 3. The van der Waals surface area contributed by atoms with Gasteiger partial charge in [0.2, 0.25) is 5.91 Å². The monoisotopic (exact) mass is 325 g/mol. The van der Waals surface area contributed by atoms with E-state index < -0.39 is 12.2 Å². The average Bonchev–Trinajstić information content (AvgIpc) is 2.32. The van der Waals surface area contributed by atoms with Crippen LogP contribution in [0.1, 0.15) is 25.0 Å². The molecule has 0 radical (unpaired) electrons. The summed E-state index contributed by atoms with van der Waals surface area (Å²) in [6.45, 7) is 1.63. The van der Waals surface area contributed by atoms with Crippen molar-refractivity contribution in [1.82, 2.24) is 5.32 Å². The Hall–Kier alpha value is -0.520. The van der Waals surface area contributed by atoms with Gasteiger partial charge in [-0.1, -0.05) is 34.8 Å². The van der Waals surface area contributed by atoms with Crippen LogP contribution in [-0.4, -0.2) is 28.8 Å². The molecule has 0 aliphatic rings. The van der Waals surface area contributed by atoms with E-state index >= 15 is 0 Å². The van der Waals surface area contributed by atoms with Gasteiger partial charge in [-0.3, -0.25) is 4.79 Å². The van der Waals surface area contributed by atoms with E-state index in [0.29, 0.717) is 5.56 Å². The number of nitrogens with one attached hydrogen (secondary N) is 1. The Morgan fingerprint density at radius 3 is 2.37 bits per heavy atom. The number of rotatable bonds is 5. The number of aliphatic hydroxyl groups excluding tert-OH is 2. The van der Waals surface area contributed by atoms with Crippen LogP contribution in [0.4, 0.5) is 0 Å². The Balaban J connectivity index is 2.73. The van der Waals surface area contributed by atoms with E-state index in [9.17, 15) is 15.0 Å². The van der Waals surface area contributed by atoms with Crippen molar-refractivity contribution in [1.29, 1.82) is 0 Å². The minimum Gasteiger partial charge on any atom is -0.390 e. The van der Waals surface area contributed by atoms with E-state index in [-0.39, 0.29) is 33.9 Å². The van der Waals surface area contributed by atoms with Gasteiger partial charge in [-0.05, 0) is 18.6 Å². The summed E-state index contributed by atoms with van der Waals surface area (Å²) in [5, 5.41) is 23.1. The van der Waals surface area contributed by atoms with Crippen molar-refractivity contribution < 1.29 is 15.0 Å². The topological polar surface area (TPSA) is 69.6 Å². The maximum absolute atomic E-state index is 10.7. The second-order valence-corrected chi connectivity index (χ2v) is 5.29. The standard InChI is InChI=1S/C12H14Cl3NO3/c1-6(17)16-3-2-11(18)12(19)7-4-9(14)10(15)5-8(7)13/h4-5,11-12,18-19H,2-3H2,1H3,(H,16,17). The zero-order valence-corrected chi connectivity index (χ0v) is 12.4. The molecule has 0 spiro atoms. The third-order valence-electron chi connectivity index (χ3n) is 2.54. The fraction of sp³-hybridized carbons (Fsp3) is 0.417. The molecule has 0 aliphatic heterocycles. The molecule has 0 saturated carbocycles. The smallest absolute Gasteiger partial charge is 0.216 e. The average molecular weight is 327 g/mol. The summed E-state index contributed by atoms with van der Waals surface area (Å²) in [6.07, 6.45) is -2.07. The van der Waals surface area contributed by atoms with Crippen molar-refractivity contribution in [3.05, 3.63) is 32.8 Å². The summed E-state index contributed by atoms with van der Waals surface area (Å²) < 4.78 is 0. The molecule has 0 aliphatic carbocycles. The molecule has 3 N–H and O–H groups in total. The van der Waals surface area contributed by atoms with Gasteiger partial charge in [0.25, 0.3) is 0 Å². The molecule has 0 heterocycles. The molecule has 0 saturated heterocycles. The van der Waals surface area contributed by atoms with Crippen LogP contribution >= 0.6 is 34.8 Å². The Morgan fingerprint density at radius 2 is 1.79 bits per heavy atom. The largest absolute Gasteiger partial charge is 0.390 e. The fourth-order valence-electron chi connectivity index (χ4n) is 1.53. The number of amides is 1. The third-order valence-corrected chi connectivity index (χ3v) is 3.59. The van der Waals surface area contributed by atoms with Crippen LogP contribution in [0, 0.1) is 0 Å². The van der Waals surface area contributed by atoms with Gasteiger partial charge in [0.15, 0.2) is 0 Å².